The Hall–Kier alpha value is -1.22. The van der Waals surface area contributed by atoms with Gasteiger partial charge in [0.15, 0.2) is 0 Å². The van der Waals surface area contributed by atoms with E-state index in [0.717, 1.165) is 24.3 Å². The first-order valence-electron chi connectivity index (χ1n) is 4.01. The van der Waals surface area contributed by atoms with Crippen molar-refractivity contribution in [3.05, 3.63) is 24.3 Å². The lowest BCUT2D eigenvalue weighted by Gasteiger charge is -1.90. The lowest BCUT2D eigenvalue weighted by molar-refractivity contribution is 0.932. The minimum atomic E-state index is 0.749. The minimum Gasteiger partial charge on any atom is -0.399 e. The van der Waals surface area contributed by atoms with E-state index in [-0.39, 0.29) is 0 Å². The highest BCUT2D eigenvalue weighted by Crippen LogP contribution is 2.04. The van der Waals surface area contributed by atoms with E-state index in [2.05, 4.69) is 6.92 Å². The van der Waals surface area contributed by atoms with Gasteiger partial charge in [-0.2, -0.15) is 0 Å². The summed E-state index contributed by atoms with van der Waals surface area (Å²) in [6, 6.07) is 7.09. The first-order valence-corrected chi connectivity index (χ1v) is 4.01. The third-order valence-corrected chi connectivity index (χ3v) is 1.23. The molecule has 3 nitrogen and oxygen atoms in total. The van der Waals surface area contributed by atoms with Gasteiger partial charge in [0.25, 0.3) is 0 Å². The number of hydrogen-bond acceptors (Lipinski definition) is 3. The molecule has 0 aliphatic rings. The second-order valence-electron chi connectivity index (χ2n) is 2.46. The molecule has 0 saturated carbocycles. The summed E-state index contributed by atoms with van der Waals surface area (Å²) < 4.78 is 0. The molecule has 0 aliphatic heterocycles. The summed E-state index contributed by atoms with van der Waals surface area (Å²) in [6.07, 6.45) is 1.10. The van der Waals surface area contributed by atoms with Crippen molar-refractivity contribution in [3.8, 4) is 0 Å². The molecule has 0 amide bonds. The van der Waals surface area contributed by atoms with Crippen LogP contribution in [0.1, 0.15) is 13.3 Å². The quantitative estimate of drug-likeness (QED) is 0.550. The first-order chi connectivity index (χ1) is 5.70. The van der Waals surface area contributed by atoms with Gasteiger partial charge in [-0.15, -0.1) is 0 Å². The molecule has 0 atom stereocenters. The van der Waals surface area contributed by atoms with Gasteiger partial charge in [0.2, 0.25) is 0 Å². The highest BCUT2D eigenvalue weighted by atomic mass is 14.6. The van der Waals surface area contributed by atoms with Crippen molar-refractivity contribution in [1.29, 1.82) is 0 Å². The maximum absolute atomic E-state index is 5.37. The van der Waals surface area contributed by atoms with Gasteiger partial charge >= 0.3 is 0 Å². The van der Waals surface area contributed by atoms with Gasteiger partial charge in [-0.25, -0.2) is 0 Å². The molecule has 12 heavy (non-hydrogen) atoms. The molecule has 1 aromatic rings. The second-order valence-corrected chi connectivity index (χ2v) is 2.46. The molecule has 3 heteroatoms. The van der Waals surface area contributed by atoms with Crippen LogP contribution in [0.4, 0.5) is 11.4 Å². The van der Waals surface area contributed by atoms with Crippen LogP contribution in [0, 0.1) is 0 Å². The Morgan fingerprint density at radius 2 is 1.25 bits per heavy atom. The molecular weight excluding hydrogens is 150 g/mol. The van der Waals surface area contributed by atoms with E-state index < -0.39 is 0 Å². The Morgan fingerprint density at radius 1 is 1.00 bits per heavy atom. The van der Waals surface area contributed by atoms with Crippen LogP contribution in [-0.4, -0.2) is 6.54 Å². The molecule has 1 rings (SSSR count). The average Bonchev–Trinajstić information content (AvgIpc) is 2.11. The molecule has 0 radical (unpaired) electrons. The summed E-state index contributed by atoms with van der Waals surface area (Å²) in [6.45, 7) is 2.88. The smallest absolute Gasteiger partial charge is 0.0315 e. The summed E-state index contributed by atoms with van der Waals surface area (Å²) >= 11 is 0. The lowest BCUT2D eigenvalue weighted by atomic mass is 10.3. The Labute approximate surface area is 73.6 Å². The predicted octanol–water partition coefficient (Wildman–Crippen LogP) is 1.21. The van der Waals surface area contributed by atoms with Gasteiger partial charge in [-0.05, 0) is 37.2 Å². The Morgan fingerprint density at radius 3 is 1.42 bits per heavy atom. The number of anilines is 2. The predicted molar refractivity (Wildman–Crippen MR) is 54.6 cm³/mol. The van der Waals surface area contributed by atoms with Gasteiger partial charge in [-0.3, -0.25) is 0 Å². The third kappa shape index (κ3) is 5.56. The van der Waals surface area contributed by atoms with Crippen molar-refractivity contribution in [2.75, 3.05) is 18.0 Å². The molecular formula is C9H17N3. The zero-order valence-corrected chi connectivity index (χ0v) is 7.46. The molecule has 68 valence electrons. The van der Waals surface area contributed by atoms with Gasteiger partial charge < -0.3 is 17.2 Å². The number of nitrogen functional groups attached to an aromatic ring is 2. The lowest BCUT2D eigenvalue weighted by Crippen LogP contribution is -1.93. The second kappa shape index (κ2) is 6.49. The summed E-state index contributed by atoms with van der Waals surface area (Å²) in [4.78, 5) is 0. The standard InChI is InChI=1S/C6H8N2.C3H9N/c7-5-1-2-6(8)4-3-5;1-2-3-4/h1-4H,7-8H2;2-4H2,1H3. The average molecular weight is 167 g/mol. The first kappa shape index (κ1) is 10.8. The molecule has 0 spiro atoms. The zero-order chi connectivity index (χ0) is 9.40. The van der Waals surface area contributed by atoms with Crippen LogP contribution in [0.15, 0.2) is 24.3 Å². The van der Waals surface area contributed by atoms with Crippen molar-refractivity contribution in [2.24, 2.45) is 5.73 Å². The van der Waals surface area contributed by atoms with Crippen LogP contribution in [0.25, 0.3) is 0 Å². The van der Waals surface area contributed by atoms with Crippen LogP contribution >= 0.6 is 0 Å². The Balaban J connectivity index is 0.000000261. The van der Waals surface area contributed by atoms with Gasteiger partial charge in [0.1, 0.15) is 0 Å². The fraction of sp³-hybridized carbons (Fsp3) is 0.333. The molecule has 0 heterocycles. The van der Waals surface area contributed by atoms with Crippen LogP contribution in [0.2, 0.25) is 0 Å². The molecule has 6 N–H and O–H groups in total. The number of rotatable bonds is 1. The van der Waals surface area contributed by atoms with Crippen molar-refractivity contribution < 1.29 is 0 Å². The number of nitrogens with two attached hydrogens (primary N) is 3. The Kier molecular flexibility index (Phi) is 5.83. The van der Waals surface area contributed by atoms with E-state index in [9.17, 15) is 0 Å². The molecule has 0 aromatic heterocycles. The van der Waals surface area contributed by atoms with Crippen LogP contribution in [0.5, 0.6) is 0 Å². The molecule has 1 aromatic carbocycles. The molecule has 0 fully saturated rings. The van der Waals surface area contributed by atoms with E-state index in [0.29, 0.717) is 0 Å². The molecule has 0 unspecified atom stereocenters. The van der Waals surface area contributed by atoms with Crippen LogP contribution in [-0.2, 0) is 0 Å². The minimum absolute atomic E-state index is 0.749. The van der Waals surface area contributed by atoms with Crippen molar-refractivity contribution in [1.82, 2.24) is 0 Å². The molecule has 0 saturated heterocycles. The molecule has 0 aliphatic carbocycles. The van der Waals surface area contributed by atoms with Crippen molar-refractivity contribution in [3.63, 3.8) is 0 Å². The van der Waals surface area contributed by atoms with E-state index >= 15 is 0 Å². The summed E-state index contributed by atoms with van der Waals surface area (Å²) in [5, 5.41) is 0. The van der Waals surface area contributed by atoms with E-state index in [1.54, 1.807) is 24.3 Å². The largest absolute Gasteiger partial charge is 0.399 e. The van der Waals surface area contributed by atoms with Crippen LogP contribution in [0.3, 0.4) is 0 Å². The summed E-state index contributed by atoms with van der Waals surface area (Å²) in [7, 11) is 0. The van der Waals surface area contributed by atoms with Crippen molar-refractivity contribution in [2.45, 2.75) is 13.3 Å². The third-order valence-electron chi connectivity index (χ3n) is 1.23. The van der Waals surface area contributed by atoms with E-state index in [4.69, 9.17) is 17.2 Å². The highest BCUT2D eigenvalue weighted by molar-refractivity contribution is 5.47. The fourth-order valence-corrected chi connectivity index (χ4v) is 0.496. The molecule has 0 bridgehead atoms. The number of benzene rings is 1. The maximum atomic E-state index is 5.37. The zero-order valence-electron chi connectivity index (χ0n) is 7.46. The summed E-state index contributed by atoms with van der Waals surface area (Å²) in [5.74, 6) is 0. The highest BCUT2D eigenvalue weighted by Gasteiger charge is 1.80. The maximum Gasteiger partial charge on any atom is 0.0315 e. The van der Waals surface area contributed by atoms with Crippen LogP contribution < -0.4 is 17.2 Å². The Bertz CT molecular complexity index is 170. The monoisotopic (exact) mass is 167 g/mol. The van der Waals surface area contributed by atoms with Crippen molar-refractivity contribution >= 4 is 11.4 Å². The van der Waals surface area contributed by atoms with Gasteiger partial charge in [-0.1, -0.05) is 6.92 Å². The topological polar surface area (TPSA) is 78.1 Å². The number of hydrogen-bond donors (Lipinski definition) is 3. The van der Waals surface area contributed by atoms with E-state index in [1.165, 1.54) is 0 Å². The van der Waals surface area contributed by atoms with Gasteiger partial charge in [0, 0.05) is 11.4 Å². The summed E-state index contributed by atoms with van der Waals surface area (Å²) in [5.41, 5.74) is 17.3. The SMILES string of the molecule is CCCN.Nc1ccc(N)cc1. The fourth-order valence-electron chi connectivity index (χ4n) is 0.496. The van der Waals surface area contributed by atoms with Gasteiger partial charge in [0.05, 0.1) is 0 Å². The van der Waals surface area contributed by atoms with E-state index in [1.807, 2.05) is 0 Å². The normalized spacial score (nSPS) is 8.50.